The van der Waals surface area contributed by atoms with Gasteiger partial charge in [0.2, 0.25) is 5.91 Å². The Bertz CT molecular complexity index is 1360. The summed E-state index contributed by atoms with van der Waals surface area (Å²) >= 11 is 0.828. The minimum Gasteiger partial charge on any atom is -0.489 e. The number of hydrogen-bond donors (Lipinski definition) is 0. The number of thioether (sulfide) groups is 1. The maximum atomic E-state index is 13.3. The monoisotopic (exact) mass is 502 g/mol. The summed E-state index contributed by atoms with van der Waals surface area (Å²) in [6.07, 6.45) is 2.38. The van der Waals surface area contributed by atoms with Gasteiger partial charge in [0.1, 0.15) is 24.7 Å². The zero-order chi connectivity index (χ0) is 25.1. The molecule has 5 rings (SSSR count). The van der Waals surface area contributed by atoms with Gasteiger partial charge in [-0.05, 0) is 70.8 Å². The predicted octanol–water partition coefficient (Wildman–Crippen LogP) is 5.03. The molecule has 3 aromatic carbocycles. The number of amides is 3. The Balaban J connectivity index is 1.19. The molecule has 3 amide bonds. The highest BCUT2D eigenvalue weighted by molar-refractivity contribution is 8.18. The van der Waals surface area contributed by atoms with Crippen molar-refractivity contribution < 1.29 is 23.5 Å². The third kappa shape index (κ3) is 5.33. The molecule has 0 unspecified atom stereocenters. The molecule has 2 aliphatic rings. The van der Waals surface area contributed by atoms with Gasteiger partial charge in [-0.1, -0.05) is 48.5 Å². The number of benzene rings is 3. The first-order chi connectivity index (χ1) is 17.5. The van der Waals surface area contributed by atoms with Crippen LogP contribution in [0.3, 0.4) is 0 Å². The molecule has 36 heavy (non-hydrogen) atoms. The van der Waals surface area contributed by atoms with E-state index >= 15 is 0 Å². The zero-order valence-corrected chi connectivity index (χ0v) is 20.2. The van der Waals surface area contributed by atoms with Crippen LogP contribution in [0.4, 0.5) is 9.18 Å². The smallest absolute Gasteiger partial charge is 0.294 e. The molecule has 3 aromatic rings. The number of carbonyl (C=O) groups is 3. The highest BCUT2D eigenvalue weighted by atomic mass is 32.2. The maximum Gasteiger partial charge on any atom is 0.294 e. The molecule has 0 bridgehead atoms. The van der Waals surface area contributed by atoms with E-state index in [-0.39, 0.29) is 29.8 Å². The number of ether oxygens (including phenoxy) is 1. The average molecular weight is 503 g/mol. The van der Waals surface area contributed by atoms with Crippen molar-refractivity contribution in [2.24, 2.45) is 0 Å². The van der Waals surface area contributed by atoms with E-state index in [1.54, 1.807) is 47.4 Å². The second-order valence-electron chi connectivity index (χ2n) is 8.59. The lowest BCUT2D eigenvalue weighted by Crippen LogP contribution is -2.44. The van der Waals surface area contributed by atoms with Gasteiger partial charge in [0, 0.05) is 13.1 Å². The largest absolute Gasteiger partial charge is 0.489 e. The van der Waals surface area contributed by atoms with E-state index in [9.17, 15) is 18.8 Å². The van der Waals surface area contributed by atoms with Crippen molar-refractivity contribution in [1.82, 2.24) is 9.80 Å². The molecule has 0 saturated carbocycles. The number of carbonyl (C=O) groups excluding carboxylic acids is 3. The van der Waals surface area contributed by atoms with Crippen LogP contribution in [0.2, 0.25) is 0 Å². The van der Waals surface area contributed by atoms with E-state index in [0.29, 0.717) is 18.8 Å². The van der Waals surface area contributed by atoms with Crippen LogP contribution in [0.25, 0.3) is 6.08 Å². The third-order valence-corrected chi connectivity index (χ3v) is 7.03. The average Bonchev–Trinajstić information content (AvgIpc) is 3.15. The van der Waals surface area contributed by atoms with Crippen molar-refractivity contribution >= 4 is 34.9 Å². The lowest BCUT2D eigenvalue weighted by molar-refractivity contribution is -0.136. The van der Waals surface area contributed by atoms with Crippen LogP contribution in [-0.2, 0) is 29.2 Å². The highest BCUT2D eigenvalue weighted by Gasteiger charge is 2.37. The van der Waals surface area contributed by atoms with Crippen LogP contribution >= 0.6 is 11.8 Å². The van der Waals surface area contributed by atoms with Crippen LogP contribution in [0.1, 0.15) is 22.3 Å². The molecule has 8 heteroatoms. The van der Waals surface area contributed by atoms with Gasteiger partial charge in [-0.2, -0.15) is 0 Å². The fourth-order valence-corrected chi connectivity index (χ4v) is 5.02. The molecule has 1 saturated heterocycles. The maximum absolute atomic E-state index is 13.3. The normalized spacial score (nSPS) is 16.4. The van der Waals surface area contributed by atoms with Gasteiger partial charge < -0.3 is 9.64 Å². The number of hydrogen-bond acceptors (Lipinski definition) is 5. The molecule has 1 fully saturated rings. The van der Waals surface area contributed by atoms with E-state index in [1.807, 2.05) is 18.2 Å². The summed E-state index contributed by atoms with van der Waals surface area (Å²) in [5.74, 6) is -0.434. The standard InChI is InChI=1S/C28H23FN2O4S/c29-23-7-3-4-20(14-23)18-35-24-10-8-19(9-11-24)15-25-27(33)31(28(34)36-25)17-26(32)30-13-12-21-5-1-2-6-22(21)16-30/h1-11,14-15H,12-13,16-18H2/b25-15-. The van der Waals surface area contributed by atoms with Gasteiger partial charge in [0.15, 0.2) is 0 Å². The number of halogens is 1. The highest BCUT2D eigenvalue weighted by Crippen LogP contribution is 2.32. The summed E-state index contributed by atoms with van der Waals surface area (Å²) < 4.78 is 19.0. The summed E-state index contributed by atoms with van der Waals surface area (Å²) in [5.41, 5.74) is 3.75. The van der Waals surface area contributed by atoms with Crippen LogP contribution in [0, 0.1) is 5.82 Å². The molecular weight excluding hydrogens is 479 g/mol. The van der Waals surface area contributed by atoms with E-state index in [4.69, 9.17) is 4.74 Å². The van der Waals surface area contributed by atoms with Crippen LogP contribution in [-0.4, -0.2) is 39.9 Å². The minimum atomic E-state index is -0.470. The third-order valence-electron chi connectivity index (χ3n) is 6.12. The molecule has 2 aliphatic heterocycles. The Morgan fingerprint density at radius 2 is 1.78 bits per heavy atom. The molecule has 0 aromatic heterocycles. The Labute approximate surface area is 212 Å². The second-order valence-corrected chi connectivity index (χ2v) is 9.58. The fourth-order valence-electron chi connectivity index (χ4n) is 4.19. The molecule has 0 radical (unpaired) electrons. The van der Waals surface area contributed by atoms with Gasteiger partial charge in [-0.15, -0.1) is 0 Å². The van der Waals surface area contributed by atoms with Crippen molar-refractivity contribution in [1.29, 1.82) is 0 Å². The molecule has 182 valence electrons. The molecule has 0 aliphatic carbocycles. The Morgan fingerprint density at radius 3 is 2.56 bits per heavy atom. The summed E-state index contributed by atoms with van der Waals surface area (Å²) in [5, 5.41) is -0.452. The van der Waals surface area contributed by atoms with Gasteiger partial charge in [-0.3, -0.25) is 19.3 Å². The summed E-state index contributed by atoms with van der Waals surface area (Å²) in [6, 6.07) is 21.2. The van der Waals surface area contributed by atoms with Crippen molar-refractivity contribution in [3.05, 3.63) is 106 Å². The first-order valence-electron chi connectivity index (χ1n) is 11.5. The SMILES string of the molecule is O=C(CN1C(=O)S/C(=C\c2ccc(OCc3cccc(F)c3)cc2)C1=O)N1CCc2ccccc2C1. The van der Waals surface area contributed by atoms with Crippen LogP contribution in [0.15, 0.2) is 77.7 Å². The molecule has 0 atom stereocenters. The Kier molecular flexibility index (Phi) is 6.86. The van der Waals surface area contributed by atoms with Crippen molar-refractivity contribution in [3.63, 3.8) is 0 Å². The fraction of sp³-hybridized carbons (Fsp3) is 0.179. The van der Waals surface area contributed by atoms with Crippen LogP contribution < -0.4 is 4.74 Å². The van der Waals surface area contributed by atoms with Crippen molar-refractivity contribution in [3.8, 4) is 5.75 Å². The lowest BCUT2D eigenvalue weighted by atomic mass is 10.00. The number of nitrogens with zero attached hydrogens (tertiary/aromatic N) is 2. The molecule has 6 nitrogen and oxygen atoms in total. The molecule has 2 heterocycles. The van der Waals surface area contributed by atoms with Crippen molar-refractivity contribution in [2.75, 3.05) is 13.1 Å². The van der Waals surface area contributed by atoms with Gasteiger partial charge in [-0.25, -0.2) is 4.39 Å². The lowest BCUT2D eigenvalue weighted by Gasteiger charge is -2.29. The summed E-state index contributed by atoms with van der Waals surface area (Å²) in [7, 11) is 0. The van der Waals surface area contributed by atoms with Crippen LogP contribution in [0.5, 0.6) is 5.75 Å². The quantitative estimate of drug-likeness (QED) is 0.443. The van der Waals surface area contributed by atoms with E-state index in [0.717, 1.165) is 39.8 Å². The molecule has 0 spiro atoms. The summed E-state index contributed by atoms with van der Waals surface area (Å²) in [4.78, 5) is 41.2. The van der Waals surface area contributed by atoms with E-state index in [1.165, 1.54) is 17.7 Å². The Morgan fingerprint density at radius 1 is 1.00 bits per heavy atom. The topological polar surface area (TPSA) is 66.9 Å². The summed E-state index contributed by atoms with van der Waals surface area (Å²) in [6.45, 7) is 1.01. The van der Waals surface area contributed by atoms with E-state index < -0.39 is 11.1 Å². The van der Waals surface area contributed by atoms with Gasteiger partial charge >= 0.3 is 0 Å². The molecule has 0 N–H and O–H groups in total. The Hall–Kier alpha value is -3.91. The number of rotatable bonds is 6. The second kappa shape index (κ2) is 10.4. The van der Waals surface area contributed by atoms with Crippen molar-refractivity contribution in [2.45, 2.75) is 19.6 Å². The van der Waals surface area contributed by atoms with Gasteiger partial charge in [0.05, 0.1) is 4.91 Å². The number of fused-ring (bicyclic) bond motifs is 1. The predicted molar refractivity (Wildman–Crippen MR) is 135 cm³/mol. The minimum absolute atomic E-state index is 0.229. The number of imide groups is 1. The van der Waals surface area contributed by atoms with E-state index in [2.05, 4.69) is 6.07 Å². The first-order valence-corrected chi connectivity index (χ1v) is 12.4. The first kappa shape index (κ1) is 23.8. The molecular formula is C28H23FN2O4S. The van der Waals surface area contributed by atoms with Gasteiger partial charge in [0.25, 0.3) is 11.1 Å². The zero-order valence-electron chi connectivity index (χ0n) is 19.4.